The number of hydrogen-bond donors (Lipinski definition) is 1. The quantitative estimate of drug-likeness (QED) is 0.652. The summed E-state index contributed by atoms with van der Waals surface area (Å²) >= 11 is 0. The van der Waals surface area contributed by atoms with Gasteiger partial charge in [0.15, 0.2) is 11.5 Å². The summed E-state index contributed by atoms with van der Waals surface area (Å²) < 4.78 is 10.8. The first kappa shape index (κ1) is 18.1. The second kappa shape index (κ2) is 8.17. The third kappa shape index (κ3) is 4.34. The molecule has 3 aromatic rings. The van der Waals surface area contributed by atoms with Crippen LogP contribution in [0.4, 0.5) is 0 Å². The molecular formula is C24H22O4. The monoisotopic (exact) mass is 374 g/mol. The van der Waals surface area contributed by atoms with Gasteiger partial charge in [-0.1, -0.05) is 42.5 Å². The Balaban J connectivity index is 1.29. The Kier molecular flexibility index (Phi) is 5.29. The van der Waals surface area contributed by atoms with E-state index in [2.05, 4.69) is 36.4 Å². The van der Waals surface area contributed by atoms with Gasteiger partial charge in [0.05, 0.1) is 5.56 Å². The summed E-state index contributed by atoms with van der Waals surface area (Å²) in [5, 5.41) is 8.96. The van der Waals surface area contributed by atoms with Gasteiger partial charge >= 0.3 is 5.97 Å². The molecule has 4 rings (SSSR count). The van der Waals surface area contributed by atoms with E-state index in [1.54, 1.807) is 12.1 Å². The zero-order valence-electron chi connectivity index (χ0n) is 15.6. The van der Waals surface area contributed by atoms with Gasteiger partial charge in [-0.2, -0.15) is 0 Å². The number of hydrogen-bond acceptors (Lipinski definition) is 3. The lowest BCUT2D eigenvalue weighted by Crippen LogP contribution is -1.97. The van der Waals surface area contributed by atoms with Crippen LogP contribution in [0.5, 0.6) is 11.5 Å². The topological polar surface area (TPSA) is 55.8 Å². The molecule has 1 heterocycles. The Morgan fingerprint density at radius 1 is 0.679 bits per heavy atom. The largest absolute Gasteiger partial charge is 0.478 e. The standard InChI is InChI=1S/C24H22O4/c25-24(26)21-12-9-19(10-13-21)6-5-17-1-3-18(4-2-17)7-8-20-11-14-22-23(15-20)28-16-27-22/h1-4,9-15H,5-8,16H2,(H,25,26). The van der Waals surface area contributed by atoms with E-state index in [1.807, 2.05) is 18.2 Å². The fourth-order valence-corrected chi connectivity index (χ4v) is 3.36. The lowest BCUT2D eigenvalue weighted by atomic mass is 10.00. The third-order valence-corrected chi connectivity index (χ3v) is 5.07. The van der Waals surface area contributed by atoms with Crippen molar-refractivity contribution in [2.24, 2.45) is 0 Å². The molecule has 0 fully saturated rings. The maximum absolute atomic E-state index is 10.9. The summed E-state index contributed by atoms with van der Waals surface area (Å²) in [6, 6.07) is 22.0. The molecule has 1 aliphatic rings. The van der Waals surface area contributed by atoms with Crippen LogP contribution in [0.2, 0.25) is 0 Å². The normalized spacial score (nSPS) is 12.1. The van der Waals surface area contributed by atoms with E-state index in [0.717, 1.165) is 42.7 Å². The minimum absolute atomic E-state index is 0.309. The fourth-order valence-electron chi connectivity index (χ4n) is 3.36. The third-order valence-electron chi connectivity index (χ3n) is 5.07. The van der Waals surface area contributed by atoms with Crippen molar-refractivity contribution in [3.8, 4) is 11.5 Å². The molecule has 142 valence electrons. The van der Waals surface area contributed by atoms with E-state index in [4.69, 9.17) is 14.6 Å². The lowest BCUT2D eigenvalue weighted by Gasteiger charge is -2.06. The van der Waals surface area contributed by atoms with Gasteiger partial charge in [-0.3, -0.25) is 0 Å². The number of carboxylic acid groups (broad SMARTS) is 1. The van der Waals surface area contributed by atoms with Crippen LogP contribution in [0.3, 0.4) is 0 Å². The van der Waals surface area contributed by atoms with Crippen LogP contribution in [-0.4, -0.2) is 17.9 Å². The second-order valence-electron chi connectivity index (χ2n) is 7.01. The summed E-state index contributed by atoms with van der Waals surface area (Å²) in [4.78, 5) is 10.9. The Morgan fingerprint density at radius 3 is 1.71 bits per heavy atom. The highest BCUT2D eigenvalue weighted by atomic mass is 16.7. The van der Waals surface area contributed by atoms with Crippen molar-refractivity contribution < 1.29 is 19.4 Å². The van der Waals surface area contributed by atoms with Crippen LogP contribution in [0.1, 0.15) is 32.6 Å². The zero-order chi connectivity index (χ0) is 19.3. The first-order chi connectivity index (χ1) is 13.7. The number of carbonyl (C=O) groups is 1. The Bertz CT molecular complexity index is 959. The second-order valence-corrected chi connectivity index (χ2v) is 7.01. The SMILES string of the molecule is O=C(O)c1ccc(CCc2ccc(CCc3ccc4c(c3)OCO4)cc2)cc1. The smallest absolute Gasteiger partial charge is 0.335 e. The van der Waals surface area contributed by atoms with Crippen molar-refractivity contribution >= 4 is 5.97 Å². The van der Waals surface area contributed by atoms with Crippen LogP contribution >= 0.6 is 0 Å². The average Bonchev–Trinajstić information content (AvgIpc) is 3.19. The van der Waals surface area contributed by atoms with Crippen molar-refractivity contribution in [3.05, 3.63) is 94.5 Å². The average molecular weight is 374 g/mol. The molecule has 0 aromatic heterocycles. The summed E-state index contributed by atoms with van der Waals surface area (Å²) in [5.74, 6) is 0.776. The summed E-state index contributed by atoms with van der Waals surface area (Å²) in [7, 11) is 0. The fraction of sp³-hybridized carbons (Fsp3) is 0.208. The van der Waals surface area contributed by atoms with Crippen molar-refractivity contribution in [2.75, 3.05) is 6.79 Å². The van der Waals surface area contributed by atoms with Crippen LogP contribution in [-0.2, 0) is 25.7 Å². The number of fused-ring (bicyclic) bond motifs is 1. The molecule has 0 saturated heterocycles. The minimum atomic E-state index is -0.886. The van der Waals surface area contributed by atoms with Gasteiger partial charge in [0.2, 0.25) is 6.79 Å². The van der Waals surface area contributed by atoms with Gasteiger partial charge in [-0.25, -0.2) is 4.79 Å². The molecule has 0 aliphatic carbocycles. The molecule has 0 unspecified atom stereocenters. The van der Waals surface area contributed by atoms with Crippen molar-refractivity contribution in [1.29, 1.82) is 0 Å². The highest BCUT2D eigenvalue weighted by Crippen LogP contribution is 2.32. The lowest BCUT2D eigenvalue weighted by molar-refractivity contribution is 0.0697. The van der Waals surface area contributed by atoms with Gasteiger partial charge in [-0.05, 0) is 72.2 Å². The van der Waals surface area contributed by atoms with Gasteiger partial charge in [0.25, 0.3) is 0 Å². The predicted molar refractivity (Wildman–Crippen MR) is 107 cm³/mol. The van der Waals surface area contributed by atoms with E-state index in [0.29, 0.717) is 12.4 Å². The number of aryl methyl sites for hydroxylation is 4. The number of rotatable bonds is 7. The first-order valence-electron chi connectivity index (χ1n) is 9.46. The van der Waals surface area contributed by atoms with Gasteiger partial charge in [0.1, 0.15) is 0 Å². The molecule has 4 nitrogen and oxygen atoms in total. The Labute approximate surface area is 164 Å². The van der Waals surface area contributed by atoms with E-state index in [-0.39, 0.29) is 0 Å². The molecule has 0 spiro atoms. The van der Waals surface area contributed by atoms with Crippen molar-refractivity contribution in [1.82, 2.24) is 0 Å². The minimum Gasteiger partial charge on any atom is -0.478 e. The Morgan fingerprint density at radius 2 is 1.14 bits per heavy atom. The van der Waals surface area contributed by atoms with Gasteiger partial charge in [-0.15, -0.1) is 0 Å². The van der Waals surface area contributed by atoms with Gasteiger partial charge in [0, 0.05) is 0 Å². The zero-order valence-corrected chi connectivity index (χ0v) is 15.6. The van der Waals surface area contributed by atoms with Gasteiger partial charge < -0.3 is 14.6 Å². The summed E-state index contributed by atoms with van der Waals surface area (Å²) in [6.07, 6.45) is 3.79. The molecule has 0 atom stereocenters. The van der Waals surface area contributed by atoms with Crippen molar-refractivity contribution in [3.63, 3.8) is 0 Å². The first-order valence-corrected chi connectivity index (χ1v) is 9.46. The Hall–Kier alpha value is -3.27. The molecule has 0 amide bonds. The highest BCUT2D eigenvalue weighted by Gasteiger charge is 2.13. The predicted octanol–water partition coefficient (Wildman–Crippen LogP) is 4.68. The van der Waals surface area contributed by atoms with E-state index >= 15 is 0 Å². The van der Waals surface area contributed by atoms with Crippen LogP contribution in [0.25, 0.3) is 0 Å². The molecule has 0 bridgehead atoms. The van der Waals surface area contributed by atoms with E-state index in [9.17, 15) is 4.79 Å². The number of carboxylic acids is 1. The molecular weight excluding hydrogens is 352 g/mol. The van der Waals surface area contributed by atoms with E-state index < -0.39 is 5.97 Å². The van der Waals surface area contributed by atoms with Crippen molar-refractivity contribution in [2.45, 2.75) is 25.7 Å². The molecule has 1 aliphatic heterocycles. The van der Waals surface area contributed by atoms with Crippen LogP contribution < -0.4 is 9.47 Å². The molecule has 0 saturated carbocycles. The number of aromatic carboxylic acids is 1. The molecule has 3 aromatic carbocycles. The van der Waals surface area contributed by atoms with Crippen LogP contribution in [0, 0.1) is 0 Å². The highest BCUT2D eigenvalue weighted by molar-refractivity contribution is 5.87. The summed E-state index contributed by atoms with van der Waals surface area (Å²) in [5.41, 5.74) is 5.33. The molecule has 0 radical (unpaired) electrons. The number of ether oxygens (including phenoxy) is 2. The maximum atomic E-state index is 10.9. The number of benzene rings is 3. The van der Waals surface area contributed by atoms with E-state index in [1.165, 1.54) is 16.7 Å². The molecule has 28 heavy (non-hydrogen) atoms. The maximum Gasteiger partial charge on any atom is 0.335 e. The molecule has 1 N–H and O–H groups in total. The molecule has 4 heteroatoms. The van der Waals surface area contributed by atoms with Crippen LogP contribution in [0.15, 0.2) is 66.7 Å². The summed E-state index contributed by atoms with van der Waals surface area (Å²) in [6.45, 7) is 0.309.